The van der Waals surface area contributed by atoms with E-state index >= 15 is 0 Å². The van der Waals surface area contributed by atoms with Gasteiger partial charge < -0.3 is 9.63 Å². The average molecular weight is 196 g/mol. The number of hydrogen-bond acceptors (Lipinski definition) is 4. The summed E-state index contributed by atoms with van der Waals surface area (Å²) in [7, 11) is 0. The van der Waals surface area contributed by atoms with Gasteiger partial charge in [0.2, 0.25) is 5.89 Å². The van der Waals surface area contributed by atoms with Gasteiger partial charge in [-0.3, -0.25) is 0 Å². The topological polar surface area (TPSA) is 59.2 Å². The monoisotopic (exact) mass is 196 g/mol. The van der Waals surface area contributed by atoms with Crippen molar-refractivity contribution in [2.45, 2.75) is 51.0 Å². The molecule has 0 spiro atoms. The molecule has 1 N–H and O–H groups in total. The van der Waals surface area contributed by atoms with Crippen LogP contribution < -0.4 is 0 Å². The number of hydrogen-bond donors (Lipinski definition) is 1. The van der Waals surface area contributed by atoms with Crippen LogP contribution in [0.5, 0.6) is 0 Å². The first-order valence-corrected chi connectivity index (χ1v) is 5.29. The first-order valence-electron chi connectivity index (χ1n) is 5.29. The second-order valence-corrected chi connectivity index (χ2v) is 4.00. The lowest BCUT2D eigenvalue weighted by atomic mass is 9.89. The fourth-order valence-corrected chi connectivity index (χ4v) is 1.93. The Morgan fingerprint density at radius 1 is 1.36 bits per heavy atom. The molecule has 1 aliphatic rings. The molecule has 78 valence electrons. The molecule has 0 aliphatic heterocycles. The predicted octanol–water partition coefficient (Wildman–Crippen LogP) is 2.17. The zero-order chi connectivity index (χ0) is 9.97. The molecule has 0 bridgehead atoms. The van der Waals surface area contributed by atoms with E-state index in [1.807, 2.05) is 0 Å². The molecular formula is C10H16N2O2. The number of nitrogens with zero attached hydrogens (tertiary/aromatic N) is 2. The Morgan fingerprint density at radius 3 is 2.64 bits per heavy atom. The summed E-state index contributed by atoms with van der Waals surface area (Å²) in [5.41, 5.74) is 0. The van der Waals surface area contributed by atoms with E-state index in [9.17, 15) is 5.11 Å². The molecule has 1 saturated carbocycles. The first kappa shape index (κ1) is 9.65. The Labute approximate surface area is 83.3 Å². The molecule has 4 heteroatoms. The van der Waals surface area contributed by atoms with E-state index in [1.54, 1.807) is 6.92 Å². The Balaban J connectivity index is 2.07. The smallest absolute Gasteiger partial charge is 0.229 e. The molecule has 1 fully saturated rings. The summed E-state index contributed by atoms with van der Waals surface area (Å²) in [5.74, 6) is 1.54. The lowest BCUT2D eigenvalue weighted by Gasteiger charge is -2.17. The minimum atomic E-state index is -0.629. The summed E-state index contributed by atoms with van der Waals surface area (Å²) >= 11 is 0. The summed E-state index contributed by atoms with van der Waals surface area (Å²) in [6, 6.07) is 0. The highest BCUT2D eigenvalue weighted by atomic mass is 16.5. The quantitative estimate of drug-likeness (QED) is 0.787. The zero-order valence-electron chi connectivity index (χ0n) is 8.44. The molecule has 1 aromatic rings. The van der Waals surface area contributed by atoms with E-state index in [4.69, 9.17) is 4.52 Å². The van der Waals surface area contributed by atoms with E-state index in [2.05, 4.69) is 10.1 Å². The molecule has 0 amide bonds. The summed E-state index contributed by atoms with van der Waals surface area (Å²) < 4.78 is 5.14. The van der Waals surface area contributed by atoms with Gasteiger partial charge in [0, 0.05) is 5.92 Å². The van der Waals surface area contributed by atoms with Gasteiger partial charge in [0.15, 0.2) is 5.82 Å². The highest BCUT2D eigenvalue weighted by Gasteiger charge is 2.22. The van der Waals surface area contributed by atoms with Crippen LogP contribution in [0.3, 0.4) is 0 Å². The molecule has 1 aromatic heterocycles. The summed E-state index contributed by atoms with van der Waals surface area (Å²) in [4.78, 5) is 4.21. The highest BCUT2D eigenvalue weighted by molar-refractivity contribution is 4.96. The summed E-state index contributed by atoms with van der Waals surface area (Å²) in [5, 5.41) is 13.0. The van der Waals surface area contributed by atoms with Crippen LogP contribution in [0.15, 0.2) is 4.52 Å². The van der Waals surface area contributed by atoms with Crippen molar-refractivity contribution >= 4 is 0 Å². The first-order chi connectivity index (χ1) is 6.77. The van der Waals surface area contributed by atoms with Crippen LogP contribution in [-0.2, 0) is 0 Å². The number of aromatic nitrogens is 2. The van der Waals surface area contributed by atoms with E-state index in [1.165, 1.54) is 19.3 Å². The lowest BCUT2D eigenvalue weighted by molar-refractivity contribution is 0.184. The fraction of sp³-hybridized carbons (Fsp3) is 0.800. The molecule has 1 heterocycles. The third kappa shape index (κ3) is 1.95. The molecular weight excluding hydrogens is 180 g/mol. The zero-order valence-corrected chi connectivity index (χ0v) is 8.44. The molecule has 2 rings (SSSR count). The van der Waals surface area contributed by atoms with Gasteiger partial charge >= 0.3 is 0 Å². The SMILES string of the molecule is CC(O)c1noc(C2CCCCC2)n1. The van der Waals surface area contributed by atoms with Gasteiger partial charge in [0.1, 0.15) is 6.10 Å². The second kappa shape index (κ2) is 4.09. The molecule has 0 aromatic carbocycles. The predicted molar refractivity (Wildman–Crippen MR) is 50.8 cm³/mol. The number of aliphatic hydroxyl groups is 1. The van der Waals surface area contributed by atoms with Crippen molar-refractivity contribution in [1.82, 2.24) is 10.1 Å². The van der Waals surface area contributed by atoms with E-state index in [-0.39, 0.29) is 0 Å². The second-order valence-electron chi connectivity index (χ2n) is 4.00. The Morgan fingerprint density at radius 2 is 2.07 bits per heavy atom. The minimum absolute atomic E-state index is 0.408. The molecule has 1 unspecified atom stereocenters. The third-order valence-electron chi connectivity index (χ3n) is 2.79. The van der Waals surface area contributed by atoms with Gasteiger partial charge in [-0.1, -0.05) is 24.4 Å². The van der Waals surface area contributed by atoms with Crippen molar-refractivity contribution in [2.75, 3.05) is 0 Å². The average Bonchev–Trinajstić information content (AvgIpc) is 2.68. The van der Waals surface area contributed by atoms with E-state index in [0.29, 0.717) is 17.6 Å². The van der Waals surface area contributed by atoms with Crippen molar-refractivity contribution in [2.24, 2.45) is 0 Å². The van der Waals surface area contributed by atoms with Crippen LogP contribution in [0.2, 0.25) is 0 Å². The van der Waals surface area contributed by atoms with Gasteiger partial charge in [0.05, 0.1) is 0 Å². The number of rotatable bonds is 2. The standard InChI is InChI=1S/C10H16N2O2/c1-7(13)9-11-10(14-12-9)8-5-3-2-4-6-8/h7-8,13H,2-6H2,1H3. The highest BCUT2D eigenvalue weighted by Crippen LogP contribution is 2.31. The van der Waals surface area contributed by atoms with Gasteiger partial charge in [-0.05, 0) is 19.8 Å². The summed E-state index contributed by atoms with van der Waals surface area (Å²) in [6.07, 6.45) is 5.46. The molecule has 0 radical (unpaired) electrons. The van der Waals surface area contributed by atoms with Gasteiger partial charge in [-0.25, -0.2) is 0 Å². The molecule has 4 nitrogen and oxygen atoms in total. The maximum Gasteiger partial charge on any atom is 0.229 e. The van der Waals surface area contributed by atoms with Gasteiger partial charge in [0.25, 0.3) is 0 Å². The lowest BCUT2D eigenvalue weighted by Crippen LogP contribution is -2.05. The van der Waals surface area contributed by atoms with Crippen LogP contribution >= 0.6 is 0 Å². The third-order valence-corrected chi connectivity index (χ3v) is 2.79. The Kier molecular flexibility index (Phi) is 2.82. The molecule has 1 aliphatic carbocycles. The Hall–Kier alpha value is -0.900. The largest absolute Gasteiger partial charge is 0.385 e. The van der Waals surface area contributed by atoms with Gasteiger partial charge in [-0.2, -0.15) is 4.98 Å². The van der Waals surface area contributed by atoms with Crippen molar-refractivity contribution in [3.05, 3.63) is 11.7 Å². The van der Waals surface area contributed by atoms with Crippen LogP contribution in [0.4, 0.5) is 0 Å². The van der Waals surface area contributed by atoms with Crippen LogP contribution in [0, 0.1) is 0 Å². The number of aliphatic hydroxyl groups excluding tert-OH is 1. The van der Waals surface area contributed by atoms with Crippen LogP contribution in [0.25, 0.3) is 0 Å². The van der Waals surface area contributed by atoms with Gasteiger partial charge in [-0.15, -0.1) is 0 Å². The maximum atomic E-state index is 9.25. The molecule has 14 heavy (non-hydrogen) atoms. The van der Waals surface area contributed by atoms with Crippen molar-refractivity contribution in [1.29, 1.82) is 0 Å². The maximum absolute atomic E-state index is 9.25. The van der Waals surface area contributed by atoms with Crippen molar-refractivity contribution in [3.8, 4) is 0 Å². The van der Waals surface area contributed by atoms with E-state index in [0.717, 1.165) is 12.8 Å². The summed E-state index contributed by atoms with van der Waals surface area (Å²) in [6.45, 7) is 1.65. The van der Waals surface area contributed by atoms with Crippen molar-refractivity contribution < 1.29 is 9.63 Å². The normalized spacial score (nSPS) is 21.0. The fourth-order valence-electron chi connectivity index (χ4n) is 1.93. The van der Waals surface area contributed by atoms with Crippen LogP contribution in [0.1, 0.15) is 62.8 Å². The van der Waals surface area contributed by atoms with E-state index < -0.39 is 6.10 Å². The molecule has 1 atom stereocenters. The van der Waals surface area contributed by atoms with Crippen LogP contribution in [-0.4, -0.2) is 15.2 Å². The van der Waals surface area contributed by atoms with Crippen molar-refractivity contribution in [3.63, 3.8) is 0 Å². The minimum Gasteiger partial charge on any atom is -0.385 e. The molecule has 0 saturated heterocycles. The Bertz CT molecular complexity index is 290.